The normalized spacial score (nSPS) is 10.0. The molecular formula is C12H16O. The van der Waals surface area contributed by atoms with Crippen LogP contribution in [0.1, 0.15) is 25.0 Å². The lowest BCUT2D eigenvalue weighted by Crippen LogP contribution is -1.89. The summed E-state index contributed by atoms with van der Waals surface area (Å²) < 4.78 is 0. The van der Waals surface area contributed by atoms with Crippen LogP contribution in [-0.2, 0) is 12.8 Å². The van der Waals surface area contributed by atoms with Gasteiger partial charge < -0.3 is 5.11 Å². The molecule has 0 amide bonds. The number of phenolic OH excluding ortho intramolecular Hbond substituents is 1. The highest BCUT2D eigenvalue weighted by molar-refractivity contribution is 5.38. The second kappa shape index (κ2) is 4.13. The maximum absolute atomic E-state index is 9.54. The summed E-state index contributed by atoms with van der Waals surface area (Å²) in [5.41, 5.74) is 3.31. The van der Waals surface area contributed by atoms with E-state index in [1.54, 1.807) is 6.07 Å². The quantitative estimate of drug-likeness (QED) is 0.702. The van der Waals surface area contributed by atoms with Crippen LogP contribution in [0, 0.1) is 0 Å². The molecule has 70 valence electrons. The molecule has 0 fully saturated rings. The molecule has 1 aromatic carbocycles. The van der Waals surface area contributed by atoms with Crippen molar-refractivity contribution in [2.75, 3.05) is 0 Å². The van der Waals surface area contributed by atoms with Crippen LogP contribution in [0.25, 0.3) is 0 Å². The summed E-state index contributed by atoms with van der Waals surface area (Å²) in [6.07, 6.45) is 1.77. The summed E-state index contributed by atoms with van der Waals surface area (Å²) in [6.45, 7) is 7.91. The number of aryl methyl sites for hydroxylation is 1. The van der Waals surface area contributed by atoms with Crippen LogP contribution in [0.15, 0.2) is 30.4 Å². The molecule has 0 saturated carbocycles. The third-order valence-electron chi connectivity index (χ3n) is 2.04. The van der Waals surface area contributed by atoms with Gasteiger partial charge in [0.15, 0.2) is 0 Å². The predicted octanol–water partition coefficient (Wildman–Crippen LogP) is 3.07. The maximum Gasteiger partial charge on any atom is 0.119 e. The highest BCUT2D eigenvalue weighted by atomic mass is 16.3. The lowest BCUT2D eigenvalue weighted by molar-refractivity contribution is 0.469. The SMILES string of the molecule is C=C(C)Cc1cc(CC)ccc1O. The summed E-state index contributed by atoms with van der Waals surface area (Å²) in [6, 6.07) is 5.76. The molecule has 1 rings (SSSR count). The standard InChI is InChI=1S/C12H16O/c1-4-10-5-6-12(13)11(8-10)7-9(2)3/h5-6,8,13H,2,4,7H2,1,3H3. The molecule has 13 heavy (non-hydrogen) atoms. The number of hydrogen-bond acceptors (Lipinski definition) is 1. The van der Waals surface area contributed by atoms with Crippen molar-refractivity contribution in [2.24, 2.45) is 0 Å². The monoisotopic (exact) mass is 176 g/mol. The van der Waals surface area contributed by atoms with E-state index in [2.05, 4.69) is 13.5 Å². The molecule has 0 aliphatic carbocycles. The summed E-state index contributed by atoms with van der Waals surface area (Å²) in [5.74, 6) is 0.375. The molecule has 0 unspecified atom stereocenters. The van der Waals surface area contributed by atoms with E-state index >= 15 is 0 Å². The van der Waals surface area contributed by atoms with Crippen LogP contribution in [0.5, 0.6) is 5.75 Å². The van der Waals surface area contributed by atoms with Crippen LogP contribution >= 0.6 is 0 Å². The van der Waals surface area contributed by atoms with Crippen molar-refractivity contribution in [2.45, 2.75) is 26.7 Å². The van der Waals surface area contributed by atoms with Gasteiger partial charge in [-0.3, -0.25) is 0 Å². The summed E-state index contributed by atoms with van der Waals surface area (Å²) in [5, 5.41) is 9.54. The van der Waals surface area contributed by atoms with Crippen molar-refractivity contribution in [3.05, 3.63) is 41.5 Å². The van der Waals surface area contributed by atoms with Crippen molar-refractivity contribution >= 4 is 0 Å². The van der Waals surface area contributed by atoms with Gasteiger partial charge in [0, 0.05) is 0 Å². The number of allylic oxidation sites excluding steroid dienone is 1. The molecule has 1 heteroatoms. The molecule has 0 bridgehead atoms. The van der Waals surface area contributed by atoms with Gasteiger partial charge in [-0.05, 0) is 37.0 Å². The number of hydrogen-bond donors (Lipinski definition) is 1. The zero-order valence-electron chi connectivity index (χ0n) is 8.30. The first-order valence-electron chi connectivity index (χ1n) is 4.58. The van der Waals surface area contributed by atoms with Crippen LogP contribution in [0.2, 0.25) is 0 Å². The second-order valence-corrected chi connectivity index (χ2v) is 3.45. The van der Waals surface area contributed by atoms with Gasteiger partial charge in [-0.1, -0.05) is 31.2 Å². The Kier molecular flexibility index (Phi) is 3.13. The number of aromatic hydroxyl groups is 1. The van der Waals surface area contributed by atoms with Crippen molar-refractivity contribution in [3.8, 4) is 5.75 Å². The molecule has 1 aromatic rings. The maximum atomic E-state index is 9.54. The molecule has 1 N–H and O–H groups in total. The Hall–Kier alpha value is -1.24. The molecule has 0 aliphatic rings. The van der Waals surface area contributed by atoms with Gasteiger partial charge in [-0.2, -0.15) is 0 Å². The average Bonchev–Trinajstić information content (AvgIpc) is 2.08. The number of benzene rings is 1. The Morgan fingerprint density at radius 1 is 1.46 bits per heavy atom. The van der Waals surface area contributed by atoms with E-state index in [0.717, 1.165) is 24.0 Å². The fourth-order valence-electron chi connectivity index (χ4n) is 1.33. The third kappa shape index (κ3) is 2.62. The molecule has 1 nitrogen and oxygen atoms in total. The predicted molar refractivity (Wildman–Crippen MR) is 56.0 cm³/mol. The van der Waals surface area contributed by atoms with Gasteiger partial charge in [0.1, 0.15) is 5.75 Å². The summed E-state index contributed by atoms with van der Waals surface area (Å²) >= 11 is 0. The fraction of sp³-hybridized carbons (Fsp3) is 0.333. The molecule has 0 spiro atoms. The summed E-state index contributed by atoms with van der Waals surface area (Å²) in [4.78, 5) is 0. The van der Waals surface area contributed by atoms with Crippen molar-refractivity contribution in [1.82, 2.24) is 0 Å². The van der Waals surface area contributed by atoms with Gasteiger partial charge in [0.05, 0.1) is 0 Å². The Morgan fingerprint density at radius 2 is 2.15 bits per heavy atom. The lowest BCUT2D eigenvalue weighted by atomic mass is 10.0. The van der Waals surface area contributed by atoms with Crippen molar-refractivity contribution in [3.63, 3.8) is 0 Å². The summed E-state index contributed by atoms with van der Waals surface area (Å²) in [7, 11) is 0. The van der Waals surface area contributed by atoms with Gasteiger partial charge >= 0.3 is 0 Å². The molecule has 0 radical (unpaired) electrons. The molecule has 0 heterocycles. The highest BCUT2D eigenvalue weighted by Gasteiger charge is 2.01. The van der Waals surface area contributed by atoms with Crippen molar-refractivity contribution < 1.29 is 5.11 Å². The largest absolute Gasteiger partial charge is 0.508 e. The minimum Gasteiger partial charge on any atom is -0.508 e. The zero-order chi connectivity index (χ0) is 9.84. The van der Waals surface area contributed by atoms with Gasteiger partial charge in [-0.15, -0.1) is 0 Å². The third-order valence-corrected chi connectivity index (χ3v) is 2.04. The Balaban J connectivity index is 2.96. The van der Waals surface area contributed by atoms with Crippen molar-refractivity contribution in [1.29, 1.82) is 0 Å². The smallest absolute Gasteiger partial charge is 0.119 e. The van der Waals surface area contributed by atoms with E-state index in [1.807, 2.05) is 19.1 Å². The molecule has 0 saturated heterocycles. The number of phenols is 1. The molecule has 0 aromatic heterocycles. The van der Waals surface area contributed by atoms with E-state index in [-0.39, 0.29) is 0 Å². The topological polar surface area (TPSA) is 20.2 Å². The molecular weight excluding hydrogens is 160 g/mol. The van der Waals surface area contributed by atoms with E-state index in [9.17, 15) is 5.11 Å². The lowest BCUT2D eigenvalue weighted by Gasteiger charge is -2.06. The van der Waals surface area contributed by atoms with Crippen LogP contribution < -0.4 is 0 Å². The minimum absolute atomic E-state index is 0.375. The first-order chi connectivity index (χ1) is 6.13. The van der Waals surface area contributed by atoms with E-state index in [1.165, 1.54) is 5.56 Å². The van der Waals surface area contributed by atoms with Gasteiger partial charge in [0.2, 0.25) is 0 Å². The van der Waals surface area contributed by atoms with Crippen LogP contribution in [0.4, 0.5) is 0 Å². The second-order valence-electron chi connectivity index (χ2n) is 3.45. The first kappa shape index (κ1) is 9.85. The Morgan fingerprint density at radius 3 is 2.69 bits per heavy atom. The van der Waals surface area contributed by atoms with Gasteiger partial charge in [0.25, 0.3) is 0 Å². The molecule has 0 atom stereocenters. The Bertz CT molecular complexity index is 313. The highest BCUT2D eigenvalue weighted by Crippen LogP contribution is 2.21. The fourth-order valence-corrected chi connectivity index (χ4v) is 1.33. The Labute approximate surface area is 79.7 Å². The molecule has 0 aliphatic heterocycles. The van der Waals surface area contributed by atoms with Crippen LogP contribution in [-0.4, -0.2) is 5.11 Å². The van der Waals surface area contributed by atoms with Crippen LogP contribution in [0.3, 0.4) is 0 Å². The van der Waals surface area contributed by atoms with Gasteiger partial charge in [-0.25, -0.2) is 0 Å². The minimum atomic E-state index is 0.375. The zero-order valence-corrected chi connectivity index (χ0v) is 8.30. The van der Waals surface area contributed by atoms with E-state index in [4.69, 9.17) is 0 Å². The van der Waals surface area contributed by atoms with E-state index < -0.39 is 0 Å². The first-order valence-corrected chi connectivity index (χ1v) is 4.58. The average molecular weight is 176 g/mol. The van der Waals surface area contributed by atoms with E-state index in [0.29, 0.717) is 5.75 Å². The number of rotatable bonds is 3.